The highest BCUT2D eigenvalue weighted by molar-refractivity contribution is 5.79. The summed E-state index contributed by atoms with van der Waals surface area (Å²) >= 11 is 0. The molecule has 0 aromatic heterocycles. The molecule has 144 valence electrons. The maximum Gasteiger partial charge on any atom is 0.224 e. The fraction of sp³-hybridized carbons (Fsp3) is 0.208. The quantitative estimate of drug-likeness (QED) is 0.634. The van der Waals surface area contributed by atoms with Gasteiger partial charge in [-0.15, -0.1) is 0 Å². The number of benzene rings is 3. The van der Waals surface area contributed by atoms with Crippen LogP contribution in [0.2, 0.25) is 0 Å². The summed E-state index contributed by atoms with van der Waals surface area (Å²) in [6.07, 6.45) is 0.114. The van der Waals surface area contributed by atoms with Gasteiger partial charge in [0, 0.05) is 13.7 Å². The molecule has 0 spiro atoms. The van der Waals surface area contributed by atoms with Gasteiger partial charge in [-0.25, -0.2) is 0 Å². The predicted octanol–water partition coefficient (Wildman–Crippen LogP) is 4.41. The zero-order valence-electron chi connectivity index (χ0n) is 16.2. The van der Waals surface area contributed by atoms with Crippen LogP contribution in [0.1, 0.15) is 17.2 Å². The summed E-state index contributed by atoms with van der Waals surface area (Å²) in [4.78, 5) is 12.4. The molecular formula is C24H25NO3. The summed E-state index contributed by atoms with van der Waals surface area (Å²) in [7, 11) is 3.27. The van der Waals surface area contributed by atoms with E-state index >= 15 is 0 Å². The molecule has 1 N–H and O–H groups in total. The van der Waals surface area contributed by atoms with Gasteiger partial charge in [-0.1, -0.05) is 66.7 Å². The van der Waals surface area contributed by atoms with Crippen LogP contribution in [0.25, 0.3) is 11.1 Å². The Morgan fingerprint density at radius 2 is 1.61 bits per heavy atom. The third-order valence-electron chi connectivity index (χ3n) is 4.66. The second-order valence-corrected chi connectivity index (χ2v) is 6.54. The van der Waals surface area contributed by atoms with Crippen molar-refractivity contribution < 1.29 is 14.3 Å². The Kier molecular flexibility index (Phi) is 6.82. The Bertz CT molecular complexity index is 891. The van der Waals surface area contributed by atoms with E-state index in [9.17, 15) is 4.79 Å². The summed E-state index contributed by atoms with van der Waals surface area (Å²) in [5.41, 5.74) is 4.25. The molecule has 4 nitrogen and oxygen atoms in total. The molecule has 1 amide bonds. The number of methoxy groups -OCH3 is 2. The predicted molar refractivity (Wildman–Crippen MR) is 111 cm³/mol. The average Bonchev–Trinajstić information content (AvgIpc) is 2.75. The maximum atomic E-state index is 12.4. The van der Waals surface area contributed by atoms with Gasteiger partial charge in [-0.2, -0.15) is 0 Å². The Labute approximate surface area is 166 Å². The Morgan fingerprint density at radius 3 is 2.29 bits per heavy atom. The molecule has 0 saturated carbocycles. The highest BCUT2D eigenvalue weighted by Gasteiger charge is 2.13. The number of amides is 1. The summed E-state index contributed by atoms with van der Waals surface area (Å²) in [6, 6.07) is 26.0. The standard InChI is InChI=1S/C24H25NO3/c1-27-22-10-6-9-21(16-22)23(28-2)17-25-24(26)15-18-11-13-20(14-12-18)19-7-4-3-5-8-19/h3-14,16,23H,15,17H2,1-2H3,(H,25,26). The lowest BCUT2D eigenvalue weighted by Crippen LogP contribution is -2.30. The molecular weight excluding hydrogens is 350 g/mol. The van der Waals surface area contributed by atoms with Crippen LogP contribution in [0.4, 0.5) is 0 Å². The summed E-state index contributed by atoms with van der Waals surface area (Å²) < 4.78 is 10.8. The number of carbonyl (C=O) groups is 1. The van der Waals surface area contributed by atoms with Crippen LogP contribution in [-0.2, 0) is 16.0 Å². The van der Waals surface area contributed by atoms with Gasteiger partial charge >= 0.3 is 0 Å². The van der Waals surface area contributed by atoms with Crippen LogP contribution in [0.5, 0.6) is 5.75 Å². The third kappa shape index (κ3) is 5.21. The van der Waals surface area contributed by atoms with E-state index in [1.807, 2.05) is 66.7 Å². The molecule has 3 aromatic carbocycles. The van der Waals surface area contributed by atoms with Crippen molar-refractivity contribution in [2.24, 2.45) is 0 Å². The van der Waals surface area contributed by atoms with E-state index in [2.05, 4.69) is 17.4 Å². The van der Waals surface area contributed by atoms with Gasteiger partial charge in [0.1, 0.15) is 5.75 Å². The average molecular weight is 375 g/mol. The Morgan fingerprint density at radius 1 is 0.893 bits per heavy atom. The molecule has 4 heteroatoms. The van der Waals surface area contributed by atoms with Gasteiger partial charge in [0.05, 0.1) is 19.6 Å². The van der Waals surface area contributed by atoms with Crippen molar-refractivity contribution in [2.45, 2.75) is 12.5 Å². The molecule has 1 unspecified atom stereocenters. The lowest BCUT2D eigenvalue weighted by atomic mass is 10.0. The highest BCUT2D eigenvalue weighted by atomic mass is 16.5. The van der Waals surface area contributed by atoms with Crippen molar-refractivity contribution in [1.29, 1.82) is 0 Å². The van der Waals surface area contributed by atoms with Gasteiger partial charge in [0.25, 0.3) is 0 Å². The fourth-order valence-electron chi connectivity index (χ4n) is 3.08. The van der Waals surface area contributed by atoms with Gasteiger partial charge in [-0.3, -0.25) is 4.79 Å². The SMILES string of the molecule is COc1cccc(C(CNC(=O)Cc2ccc(-c3ccccc3)cc2)OC)c1. The van der Waals surface area contributed by atoms with E-state index in [-0.39, 0.29) is 12.0 Å². The molecule has 0 aliphatic heterocycles. The number of ether oxygens (including phenoxy) is 2. The lowest BCUT2D eigenvalue weighted by Gasteiger charge is -2.17. The van der Waals surface area contributed by atoms with Crippen LogP contribution >= 0.6 is 0 Å². The molecule has 0 heterocycles. The Hall–Kier alpha value is -3.11. The van der Waals surface area contributed by atoms with Crippen LogP contribution in [-0.4, -0.2) is 26.7 Å². The monoisotopic (exact) mass is 375 g/mol. The van der Waals surface area contributed by atoms with Crippen molar-refractivity contribution in [2.75, 3.05) is 20.8 Å². The fourth-order valence-corrected chi connectivity index (χ4v) is 3.08. The number of hydrogen-bond acceptors (Lipinski definition) is 3. The van der Waals surface area contributed by atoms with Crippen LogP contribution in [0.3, 0.4) is 0 Å². The number of hydrogen-bond donors (Lipinski definition) is 1. The molecule has 3 rings (SSSR count). The van der Waals surface area contributed by atoms with Gasteiger partial charge in [0.15, 0.2) is 0 Å². The van der Waals surface area contributed by atoms with Gasteiger partial charge in [-0.05, 0) is 34.4 Å². The van der Waals surface area contributed by atoms with E-state index < -0.39 is 0 Å². The summed E-state index contributed by atoms with van der Waals surface area (Å²) in [6.45, 7) is 0.407. The number of carbonyl (C=O) groups excluding carboxylic acids is 1. The van der Waals surface area contributed by atoms with Crippen LogP contribution in [0, 0.1) is 0 Å². The minimum atomic E-state index is -0.223. The molecule has 0 bridgehead atoms. The van der Waals surface area contributed by atoms with E-state index in [0.717, 1.165) is 22.4 Å². The molecule has 0 saturated heterocycles. The minimum absolute atomic E-state index is 0.0302. The zero-order chi connectivity index (χ0) is 19.8. The molecule has 0 aliphatic carbocycles. The van der Waals surface area contributed by atoms with Crippen LogP contribution < -0.4 is 10.1 Å². The van der Waals surface area contributed by atoms with Crippen molar-refractivity contribution in [3.63, 3.8) is 0 Å². The summed E-state index contributed by atoms with van der Waals surface area (Å²) in [5.74, 6) is 0.738. The topological polar surface area (TPSA) is 47.6 Å². The third-order valence-corrected chi connectivity index (χ3v) is 4.66. The Balaban J connectivity index is 1.56. The first-order valence-electron chi connectivity index (χ1n) is 9.27. The van der Waals surface area contributed by atoms with Crippen molar-refractivity contribution in [3.05, 3.63) is 90.0 Å². The van der Waals surface area contributed by atoms with Crippen LogP contribution in [0.15, 0.2) is 78.9 Å². The van der Waals surface area contributed by atoms with E-state index in [4.69, 9.17) is 9.47 Å². The number of nitrogens with one attached hydrogen (secondary N) is 1. The molecule has 3 aromatic rings. The van der Waals surface area contributed by atoms with Crippen molar-refractivity contribution in [3.8, 4) is 16.9 Å². The largest absolute Gasteiger partial charge is 0.497 e. The van der Waals surface area contributed by atoms with E-state index in [1.54, 1.807) is 14.2 Å². The summed E-state index contributed by atoms with van der Waals surface area (Å²) in [5, 5.41) is 2.96. The number of rotatable bonds is 8. The van der Waals surface area contributed by atoms with E-state index in [1.165, 1.54) is 5.56 Å². The highest BCUT2D eigenvalue weighted by Crippen LogP contribution is 2.21. The smallest absolute Gasteiger partial charge is 0.224 e. The first kappa shape index (κ1) is 19.6. The molecule has 1 atom stereocenters. The minimum Gasteiger partial charge on any atom is -0.497 e. The maximum absolute atomic E-state index is 12.4. The van der Waals surface area contributed by atoms with Crippen molar-refractivity contribution >= 4 is 5.91 Å². The molecule has 0 aliphatic rings. The van der Waals surface area contributed by atoms with E-state index in [0.29, 0.717) is 13.0 Å². The second-order valence-electron chi connectivity index (χ2n) is 6.54. The van der Waals surface area contributed by atoms with Gasteiger partial charge in [0.2, 0.25) is 5.91 Å². The first-order valence-corrected chi connectivity index (χ1v) is 9.27. The molecule has 0 fully saturated rings. The first-order chi connectivity index (χ1) is 13.7. The second kappa shape index (κ2) is 9.72. The molecule has 0 radical (unpaired) electrons. The lowest BCUT2D eigenvalue weighted by molar-refractivity contribution is -0.121. The molecule has 28 heavy (non-hydrogen) atoms. The zero-order valence-corrected chi connectivity index (χ0v) is 16.2. The van der Waals surface area contributed by atoms with Crippen molar-refractivity contribution in [1.82, 2.24) is 5.32 Å². The normalized spacial score (nSPS) is 11.6. The van der Waals surface area contributed by atoms with Gasteiger partial charge < -0.3 is 14.8 Å².